The number of phosphoric acid groups is 1. The molecule has 324 valence electrons. The van der Waals surface area contributed by atoms with Gasteiger partial charge in [0, 0.05) is 19.1 Å². The van der Waals surface area contributed by atoms with Crippen LogP contribution in [0.1, 0.15) is 162 Å². The van der Waals surface area contributed by atoms with Gasteiger partial charge in [-0.25, -0.2) is 9.36 Å². The molecule has 0 aromatic heterocycles. The van der Waals surface area contributed by atoms with Gasteiger partial charge in [-0.2, -0.15) is 0 Å². The van der Waals surface area contributed by atoms with Gasteiger partial charge in [-0.3, -0.25) is 9.05 Å². The van der Waals surface area contributed by atoms with E-state index in [0.29, 0.717) is 30.7 Å². The highest BCUT2D eigenvalue weighted by Crippen LogP contribution is 2.43. The van der Waals surface area contributed by atoms with Crippen LogP contribution in [-0.2, 0) is 27.9 Å². The van der Waals surface area contributed by atoms with Gasteiger partial charge in [0.1, 0.15) is 19.3 Å². The van der Waals surface area contributed by atoms with Gasteiger partial charge in [-0.15, -0.1) is 0 Å². The van der Waals surface area contributed by atoms with Gasteiger partial charge in [0.2, 0.25) is 0 Å². The van der Waals surface area contributed by atoms with Crippen LogP contribution in [0, 0.1) is 0 Å². The van der Waals surface area contributed by atoms with E-state index in [4.69, 9.17) is 18.5 Å². The molecule has 9 heteroatoms. The average Bonchev–Trinajstić information content (AvgIpc) is 3.15. The summed E-state index contributed by atoms with van der Waals surface area (Å²) in [5.41, 5.74) is 0. The zero-order valence-electron chi connectivity index (χ0n) is 36.6. The van der Waals surface area contributed by atoms with Crippen molar-refractivity contribution >= 4 is 13.8 Å². The Morgan fingerprint density at radius 2 is 1.02 bits per heavy atom. The van der Waals surface area contributed by atoms with E-state index in [-0.39, 0.29) is 13.2 Å². The van der Waals surface area contributed by atoms with Crippen molar-refractivity contribution in [2.75, 3.05) is 54.1 Å². The lowest BCUT2D eigenvalue weighted by Crippen LogP contribution is -2.37. The van der Waals surface area contributed by atoms with Gasteiger partial charge in [0.05, 0.1) is 34.4 Å². The lowest BCUT2D eigenvalue weighted by molar-refractivity contribution is -0.870. The number of carbonyl (C=O) groups excluding carboxylic acids is 1. The number of carbonyl (C=O) groups is 1. The van der Waals surface area contributed by atoms with Gasteiger partial charge in [0.15, 0.2) is 0 Å². The Labute approximate surface area is 344 Å². The summed E-state index contributed by atoms with van der Waals surface area (Å²) in [5, 5.41) is 0. The lowest BCUT2D eigenvalue weighted by atomic mass is 10.0. The Bertz CT molecular complexity index is 1120. The van der Waals surface area contributed by atoms with Gasteiger partial charge >= 0.3 is 13.8 Å². The first kappa shape index (κ1) is 53.9. The van der Waals surface area contributed by atoms with Crippen molar-refractivity contribution < 1.29 is 37.3 Å². The van der Waals surface area contributed by atoms with Gasteiger partial charge in [-0.1, -0.05) is 203 Å². The number of hydrogen-bond donors (Lipinski definition) is 1. The summed E-state index contributed by atoms with van der Waals surface area (Å²) in [7, 11) is 1.59. The lowest BCUT2D eigenvalue weighted by Gasteiger charge is -2.24. The molecule has 8 nitrogen and oxygen atoms in total. The molecule has 0 aliphatic carbocycles. The first-order chi connectivity index (χ1) is 27.1. The predicted octanol–water partition coefficient (Wildman–Crippen LogP) is 13.1. The maximum absolute atomic E-state index is 12.6. The second-order valence-electron chi connectivity index (χ2n) is 15.9. The van der Waals surface area contributed by atoms with Crippen LogP contribution in [0.2, 0.25) is 0 Å². The summed E-state index contributed by atoms with van der Waals surface area (Å²) in [4.78, 5) is 22.8. The average molecular weight is 807 g/mol. The van der Waals surface area contributed by atoms with Gasteiger partial charge in [0.25, 0.3) is 0 Å². The van der Waals surface area contributed by atoms with E-state index in [1.54, 1.807) is 12.2 Å². The molecule has 0 radical (unpaired) electrons. The van der Waals surface area contributed by atoms with Crippen LogP contribution in [0.25, 0.3) is 0 Å². The number of likely N-dealkylation sites (N-methyl/N-ethyl adjacent to an activating group) is 1. The zero-order valence-corrected chi connectivity index (χ0v) is 37.5. The van der Waals surface area contributed by atoms with Gasteiger partial charge < -0.3 is 18.9 Å². The van der Waals surface area contributed by atoms with E-state index in [1.807, 2.05) is 63.7 Å². The second kappa shape index (κ2) is 39.8. The third kappa shape index (κ3) is 43.1. The summed E-state index contributed by atoms with van der Waals surface area (Å²) in [5.74, 6) is -0.567. The molecule has 0 rings (SSSR count). The Balaban J connectivity index is 4.49. The Hall–Kier alpha value is -2.06. The standard InChI is InChI=1S/C47H84NO7P/c1-6-8-10-12-14-16-18-20-22-23-24-25-26-27-29-31-33-35-37-39-47(49)55-46(45-54-56(50,51)53-44-41-48(3,4)5)40-43-52-42-38-36-34-32-30-28-21-19-17-15-13-11-9-7-2/h22-27,29,31,33,35,37,39,46H,6-21,28,30,32,34,36,38,40-45H2,1-5H3/p+1/b23-22+,25-24+,27-26+,31-29+,35-33+,39-37+. The normalized spacial score (nSPS) is 14.5. The summed E-state index contributed by atoms with van der Waals surface area (Å²) in [6, 6.07) is 0. The maximum atomic E-state index is 12.6. The van der Waals surface area contributed by atoms with E-state index in [0.717, 1.165) is 19.3 Å². The van der Waals surface area contributed by atoms with Crippen molar-refractivity contribution in [3.05, 3.63) is 72.9 Å². The maximum Gasteiger partial charge on any atom is 0.472 e. The Kier molecular flexibility index (Phi) is 38.3. The SMILES string of the molecule is CCCCCCCCC/C=C/C=C/C=C/C=C/C=C/C=C/C(=O)OC(CCOCCCCCCCCCCCCCCCC)COP(=O)(O)OCC[N+](C)(C)C. The first-order valence-electron chi connectivity index (χ1n) is 22.3. The van der Waals surface area contributed by atoms with Crippen molar-refractivity contribution in [3.8, 4) is 0 Å². The van der Waals surface area contributed by atoms with Crippen molar-refractivity contribution in [2.45, 2.75) is 168 Å². The highest BCUT2D eigenvalue weighted by Gasteiger charge is 2.25. The smallest absolute Gasteiger partial charge is 0.457 e. The summed E-state index contributed by atoms with van der Waals surface area (Å²) >= 11 is 0. The third-order valence-electron chi connectivity index (χ3n) is 9.29. The largest absolute Gasteiger partial charge is 0.472 e. The van der Waals surface area contributed by atoms with E-state index >= 15 is 0 Å². The number of rotatable bonds is 40. The molecule has 0 saturated carbocycles. The summed E-state index contributed by atoms with van der Waals surface area (Å²) in [6.07, 6.45) is 50.9. The fraction of sp³-hybridized carbons (Fsp3) is 0.723. The molecular weight excluding hydrogens is 721 g/mol. The number of esters is 1. The minimum atomic E-state index is -4.30. The highest BCUT2D eigenvalue weighted by molar-refractivity contribution is 7.47. The van der Waals surface area contributed by atoms with E-state index < -0.39 is 19.9 Å². The monoisotopic (exact) mass is 807 g/mol. The quantitative estimate of drug-likeness (QED) is 0.0165. The molecular formula is C47H85NO7P+. The number of allylic oxidation sites excluding steroid dienone is 11. The zero-order chi connectivity index (χ0) is 41.3. The molecule has 0 spiro atoms. The van der Waals surface area contributed by atoms with Crippen molar-refractivity contribution in [1.29, 1.82) is 0 Å². The molecule has 56 heavy (non-hydrogen) atoms. The van der Waals surface area contributed by atoms with Crippen molar-refractivity contribution in [2.24, 2.45) is 0 Å². The third-order valence-corrected chi connectivity index (χ3v) is 10.3. The molecule has 0 aromatic carbocycles. The number of hydrogen-bond acceptors (Lipinski definition) is 6. The molecule has 2 unspecified atom stereocenters. The van der Waals surface area contributed by atoms with Crippen LogP contribution in [0.5, 0.6) is 0 Å². The predicted molar refractivity (Wildman–Crippen MR) is 238 cm³/mol. The number of quaternary nitrogens is 1. The van der Waals surface area contributed by atoms with Crippen LogP contribution < -0.4 is 0 Å². The number of unbranched alkanes of at least 4 members (excludes halogenated alkanes) is 20. The fourth-order valence-electron chi connectivity index (χ4n) is 5.78. The topological polar surface area (TPSA) is 91.3 Å². The van der Waals surface area contributed by atoms with Crippen LogP contribution in [0.3, 0.4) is 0 Å². The molecule has 2 atom stereocenters. The highest BCUT2D eigenvalue weighted by atomic mass is 31.2. The number of nitrogens with zero attached hydrogens (tertiary/aromatic N) is 1. The summed E-state index contributed by atoms with van der Waals surface area (Å²) in [6.45, 7) is 5.84. The Morgan fingerprint density at radius 3 is 1.52 bits per heavy atom. The van der Waals surface area contributed by atoms with Crippen LogP contribution in [-0.4, -0.2) is 75.6 Å². The molecule has 0 aliphatic heterocycles. The van der Waals surface area contributed by atoms with Crippen LogP contribution in [0.4, 0.5) is 0 Å². The molecule has 0 fully saturated rings. The molecule has 1 N–H and O–H groups in total. The molecule has 0 heterocycles. The molecule has 0 bridgehead atoms. The number of phosphoric ester groups is 1. The van der Waals surface area contributed by atoms with Crippen molar-refractivity contribution in [1.82, 2.24) is 0 Å². The molecule has 0 aromatic rings. The fourth-order valence-corrected chi connectivity index (χ4v) is 6.52. The van der Waals surface area contributed by atoms with E-state index in [2.05, 4.69) is 26.0 Å². The molecule has 0 saturated heterocycles. The minimum absolute atomic E-state index is 0.0663. The van der Waals surface area contributed by atoms with E-state index in [9.17, 15) is 14.3 Å². The molecule has 0 amide bonds. The van der Waals surface area contributed by atoms with Crippen LogP contribution >= 0.6 is 7.82 Å². The minimum Gasteiger partial charge on any atom is -0.457 e. The van der Waals surface area contributed by atoms with Crippen molar-refractivity contribution in [3.63, 3.8) is 0 Å². The first-order valence-corrected chi connectivity index (χ1v) is 23.8. The molecule has 0 aliphatic rings. The van der Waals surface area contributed by atoms with Crippen LogP contribution in [0.15, 0.2) is 72.9 Å². The van der Waals surface area contributed by atoms with Gasteiger partial charge in [-0.05, 0) is 19.3 Å². The number of ether oxygens (including phenoxy) is 2. The summed E-state index contributed by atoms with van der Waals surface area (Å²) < 4.78 is 34.8. The van der Waals surface area contributed by atoms with E-state index in [1.165, 1.54) is 128 Å². The Morgan fingerprint density at radius 1 is 0.571 bits per heavy atom. The second-order valence-corrected chi connectivity index (χ2v) is 17.4.